The molecule has 0 unspecified atom stereocenters. The van der Waals surface area contributed by atoms with Crippen LogP contribution in [0, 0.1) is 11.6 Å². The number of sulfonamides is 1. The van der Waals surface area contributed by atoms with Gasteiger partial charge in [-0.15, -0.1) is 0 Å². The number of carbonyl (C=O) groups excluding carboxylic acids is 2. The molecule has 0 radical (unpaired) electrons. The number of halogens is 2. The van der Waals surface area contributed by atoms with Crippen molar-refractivity contribution in [2.75, 3.05) is 26.2 Å². The summed E-state index contributed by atoms with van der Waals surface area (Å²) < 4.78 is 54.2. The Bertz CT molecular complexity index is 1090. The summed E-state index contributed by atoms with van der Waals surface area (Å²) in [4.78, 5) is 25.3. The molecule has 2 aromatic rings. The number of nitrogens with zero attached hydrogens (tertiary/aromatic N) is 2. The van der Waals surface area contributed by atoms with Crippen LogP contribution in [0.25, 0.3) is 6.08 Å². The Morgan fingerprint density at radius 1 is 0.967 bits per heavy atom. The summed E-state index contributed by atoms with van der Waals surface area (Å²) >= 11 is 0. The van der Waals surface area contributed by atoms with E-state index in [1.54, 1.807) is 6.07 Å². The normalized spacial score (nSPS) is 15.5. The number of amides is 1. The fourth-order valence-electron chi connectivity index (χ4n) is 3.10. The van der Waals surface area contributed by atoms with Crippen LogP contribution in [0.5, 0.6) is 0 Å². The molecule has 1 amide bonds. The smallest absolute Gasteiger partial charge is 0.246 e. The topological polar surface area (TPSA) is 74.8 Å². The maximum atomic E-state index is 13.7. The van der Waals surface area contributed by atoms with E-state index in [0.29, 0.717) is 5.56 Å². The monoisotopic (exact) mass is 434 g/mol. The van der Waals surface area contributed by atoms with Crippen LogP contribution in [0.3, 0.4) is 0 Å². The maximum Gasteiger partial charge on any atom is 0.246 e. The molecule has 1 heterocycles. The molecule has 0 aliphatic carbocycles. The van der Waals surface area contributed by atoms with E-state index >= 15 is 0 Å². The highest BCUT2D eigenvalue weighted by atomic mass is 32.2. The van der Waals surface area contributed by atoms with Crippen molar-refractivity contribution in [1.29, 1.82) is 0 Å². The van der Waals surface area contributed by atoms with E-state index < -0.39 is 27.6 Å². The molecule has 0 bridgehead atoms. The molecular formula is C21H20F2N2O4S. The van der Waals surface area contributed by atoms with Gasteiger partial charge in [0.15, 0.2) is 5.78 Å². The number of carbonyl (C=O) groups is 2. The largest absolute Gasteiger partial charge is 0.337 e. The van der Waals surface area contributed by atoms with E-state index in [0.717, 1.165) is 24.3 Å². The number of piperazine rings is 1. The van der Waals surface area contributed by atoms with Crippen LogP contribution in [0.4, 0.5) is 8.78 Å². The van der Waals surface area contributed by atoms with Gasteiger partial charge >= 0.3 is 0 Å². The van der Waals surface area contributed by atoms with Crippen molar-refractivity contribution < 1.29 is 26.8 Å². The van der Waals surface area contributed by atoms with Gasteiger partial charge in [-0.25, -0.2) is 17.2 Å². The van der Waals surface area contributed by atoms with Crippen molar-refractivity contribution in [3.63, 3.8) is 0 Å². The summed E-state index contributed by atoms with van der Waals surface area (Å²) in [6.45, 7) is 1.76. The van der Waals surface area contributed by atoms with Crippen molar-refractivity contribution in [3.05, 3.63) is 71.3 Å². The van der Waals surface area contributed by atoms with Crippen LogP contribution in [-0.2, 0) is 14.8 Å². The number of hydrogen-bond acceptors (Lipinski definition) is 4. The molecule has 0 aromatic heterocycles. The molecule has 6 nitrogen and oxygen atoms in total. The first-order valence-electron chi connectivity index (χ1n) is 9.22. The van der Waals surface area contributed by atoms with Crippen LogP contribution in [0.1, 0.15) is 22.8 Å². The minimum Gasteiger partial charge on any atom is -0.337 e. The van der Waals surface area contributed by atoms with Crippen LogP contribution in [0.15, 0.2) is 53.4 Å². The van der Waals surface area contributed by atoms with Gasteiger partial charge in [0.2, 0.25) is 15.9 Å². The zero-order valence-corrected chi connectivity index (χ0v) is 17.0. The standard InChI is InChI=1S/C21H20F2N2O4S/c1-15(26)16-4-2-5-17(14-16)30(28,29)25-12-10-24(11-13-25)21(27)9-8-18-19(22)6-3-7-20(18)23/h2-9,14H,10-13H2,1H3/b9-8+. The van der Waals surface area contributed by atoms with E-state index in [4.69, 9.17) is 0 Å². The predicted molar refractivity (Wildman–Crippen MR) is 107 cm³/mol. The Hall–Kier alpha value is -2.91. The lowest BCUT2D eigenvalue weighted by Crippen LogP contribution is -2.50. The third-order valence-electron chi connectivity index (χ3n) is 4.82. The summed E-state index contributed by atoms with van der Waals surface area (Å²) in [5, 5.41) is 0. The van der Waals surface area contributed by atoms with E-state index in [2.05, 4.69) is 0 Å². The van der Waals surface area contributed by atoms with Gasteiger partial charge in [0, 0.05) is 43.4 Å². The van der Waals surface area contributed by atoms with Crippen molar-refractivity contribution in [2.45, 2.75) is 11.8 Å². The molecule has 1 aliphatic heterocycles. The minimum atomic E-state index is -3.81. The van der Waals surface area contributed by atoms with E-state index in [1.807, 2.05) is 0 Å². The number of ketones is 1. The lowest BCUT2D eigenvalue weighted by Gasteiger charge is -2.33. The third-order valence-corrected chi connectivity index (χ3v) is 6.72. The molecule has 3 rings (SSSR count). The molecule has 1 saturated heterocycles. The fraction of sp³-hybridized carbons (Fsp3) is 0.238. The molecule has 0 saturated carbocycles. The molecule has 1 aliphatic rings. The predicted octanol–water partition coefficient (Wildman–Crippen LogP) is 2.71. The lowest BCUT2D eigenvalue weighted by molar-refractivity contribution is -0.127. The molecule has 0 spiro atoms. The molecule has 1 fully saturated rings. The number of benzene rings is 2. The second-order valence-electron chi connectivity index (χ2n) is 6.78. The first-order valence-corrected chi connectivity index (χ1v) is 10.7. The third kappa shape index (κ3) is 4.63. The Kier molecular flexibility index (Phi) is 6.42. The molecule has 158 valence electrons. The number of rotatable bonds is 5. The molecule has 9 heteroatoms. The van der Waals surface area contributed by atoms with Gasteiger partial charge in [-0.2, -0.15) is 4.31 Å². The molecule has 30 heavy (non-hydrogen) atoms. The summed E-state index contributed by atoms with van der Waals surface area (Å²) in [6, 6.07) is 9.23. The van der Waals surface area contributed by atoms with Gasteiger partial charge in [-0.3, -0.25) is 9.59 Å². The zero-order valence-electron chi connectivity index (χ0n) is 16.2. The quantitative estimate of drug-likeness (QED) is 0.536. The minimum absolute atomic E-state index is 0.0184. The number of Topliss-reactive ketones (excluding diaryl/α,β-unsaturated/α-hetero) is 1. The van der Waals surface area contributed by atoms with Crippen LogP contribution in [-0.4, -0.2) is 55.5 Å². The second kappa shape index (κ2) is 8.85. The van der Waals surface area contributed by atoms with Crippen LogP contribution >= 0.6 is 0 Å². The Balaban J connectivity index is 1.67. The molecule has 2 aromatic carbocycles. The van der Waals surface area contributed by atoms with Crippen molar-refractivity contribution in [2.24, 2.45) is 0 Å². The highest BCUT2D eigenvalue weighted by Crippen LogP contribution is 2.20. The lowest BCUT2D eigenvalue weighted by atomic mass is 10.2. The fourth-order valence-corrected chi connectivity index (χ4v) is 4.57. The van der Waals surface area contributed by atoms with Gasteiger partial charge in [0.25, 0.3) is 0 Å². The van der Waals surface area contributed by atoms with Crippen LogP contribution in [0.2, 0.25) is 0 Å². The number of hydrogen-bond donors (Lipinski definition) is 0. The first kappa shape index (κ1) is 21.8. The summed E-state index contributed by atoms with van der Waals surface area (Å²) in [6.07, 6.45) is 2.14. The van der Waals surface area contributed by atoms with Gasteiger partial charge in [-0.1, -0.05) is 18.2 Å². The van der Waals surface area contributed by atoms with Gasteiger partial charge < -0.3 is 4.90 Å². The summed E-state index contributed by atoms with van der Waals surface area (Å²) in [5.74, 6) is -2.25. The van der Waals surface area contributed by atoms with Crippen LogP contribution < -0.4 is 0 Å². The molecule has 0 atom stereocenters. The van der Waals surface area contributed by atoms with Crippen molar-refractivity contribution >= 4 is 27.8 Å². The van der Waals surface area contributed by atoms with Crippen molar-refractivity contribution in [3.8, 4) is 0 Å². The van der Waals surface area contributed by atoms with Crippen molar-refractivity contribution in [1.82, 2.24) is 9.21 Å². The van der Waals surface area contributed by atoms with Gasteiger partial charge in [0.1, 0.15) is 11.6 Å². The Morgan fingerprint density at radius 2 is 1.57 bits per heavy atom. The first-order chi connectivity index (χ1) is 14.2. The van der Waals surface area contributed by atoms with Gasteiger partial charge in [0.05, 0.1) is 4.90 Å². The Morgan fingerprint density at radius 3 is 2.17 bits per heavy atom. The van der Waals surface area contributed by atoms with E-state index in [-0.39, 0.29) is 42.4 Å². The Labute approximate surface area is 173 Å². The molecule has 0 N–H and O–H groups in total. The second-order valence-corrected chi connectivity index (χ2v) is 8.72. The highest BCUT2D eigenvalue weighted by molar-refractivity contribution is 7.89. The zero-order chi connectivity index (χ0) is 21.9. The summed E-state index contributed by atoms with van der Waals surface area (Å²) in [5.41, 5.74) is -0.00665. The maximum absolute atomic E-state index is 13.7. The van der Waals surface area contributed by atoms with E-state index in [1.165, 1.54) is 40.4 Å². The molecular weight excluding hydrogens is 414 g/mol. The average molecular weight is 434 g/mol. The van der Waals surface area contributed by atoms with Gasteiger partial charge in [-0.05, 0) is 37.3 Å². The SMILES string of the molecule is CC(=O)c1cccc(S(=O)(=O)N2CCN(C(=O)/C=C/c3c(F)cccc3F)CC2)c1. The average Bonchev–Trinajstić information content (AvgIpc) is 2.73. The summed E-state index contributed by atoms with van der Waals surface area (Å²) in [7, 11) is -3.81. The highest BCUT2D eigenvalue weighted by Gasteiger charge is 2.30. The van der Waals surface area contributed by atoms with E-state index in [9.17, 15) is 26.8 Å².